The molecule has 6 heteroatoms. The Kier molecular flexibility index (Phi) is 6.34. The van der Waals surface area contributed by atoms with Crippen molar-refractivity contribution in [2.75, 3.05) is 13.1 Å². The highest BCUT2D eigenvalue weighted by atomic mass is 35.5. The molecule has 1 N–H and O–H groups in total. The number of aromatic nitrogens is 2. The highest BCUT2D eigenvalue weighted by Crippen LogP contribution is 2.36. The van der Waals surface area contributed by atoms with Gasteiger partial charge in [0, 0.05) is 30.5 Å². The molecule has 4 aromatic rings. The van der Waals surface area contributed by atoms with Crippen molar-refractivity contribution in [3.63, 3.8) is 0 Å². The van der Waals surface area contributed by atoms with E-state index in [-0.39, 0.29) is 11.7 Å². The first kappa shape index (κ1) is 21.9. The van der Waals surface area contributed by atoms with E-state index < -0.39 is 0 Å². The second-order valence-corrected chi connectivity index (χ2v) is 9.44. The van der Waals surface area contributed by atoms with Gasteiger partial charge in [-0.3, -0.25) is 9.88 Å². The van der Waals surface area contributed by atoms with E-state index in [1.807, 2.05) is 24.7 Å². The van der Waals surface area contributed by atoms with Crippen LogP contribution in [0, 0.1) is 11.7 Å². The lowest BCUT2D eigenvalue weighted by atomic mass is 9.89. The minimum atomic E-state index is -0.267. The van der Waals surface area contributed by atoms with Crippen LogP contribution in [0.2, 0.25) is 5.02 Å². The van der Waals surface area contributed by atoms with E-state index in [1.54, 1.807) is 16.7 Å². The average Bonchev–Trinajstić information content (AvgIpc) is 3.13. The lowest BCUT2D eigenvalue weighted by Gasteiger charge is -2.32. The second-order valence-electron chi connectivity index (χ2n) is 9.03. The van der Waals surface area contributed by atoms with Crippen LogP contribution in [-0.4, -0.2) is 32.6 Å². The number of nitrogens with zero attached hydrogens (tertiary/aromatic N) is 3. The Hall–Kier alpha value is -2.89. The van der Waals surface area contributed by atoms with Crippen LogP contribution < -0.4 is 0 Å². The number of piperidine rings is 1. The van der Waals surface area contributed by atoms with Gasteiger partial charge in [0.2, 0.25) is 5.88 Å². The molecule has 0 aliphatic carbocycles. The Bertz CT molecular complexity index is 1230. The summed E-state index contributed by atoms with van der Waals surface area (Å²) in [6.45, 7) is 3.63. The van der Waals surface area contributed by atoms with Crippen molar-refractivity contribution >= 4 is 22.4 Å². The summed E-state index contributed by atoms with van der Waals surface area (Å²) in [5, 5.41) is 12.9. The predicted molar refractivity (Wildman–Crippen MR) is 130 cm³/mol. The van der Waals surface area contributed by atoms with Crippen molar-refractivity contribution in [3.05, 3.63) is 94.7 Å². The van der Waals surface area contributed by atoms with Crippen LogP contribution >= 0.6 is 11.6 Å². The largest absolute Gasteiger partial charge is 0.494 e. The van der Waals surface area contributed by atoms with Gasteiger partial charge in [-0.25, -0.2) is 4.39 Å². The van der Waals surface area contributed by atoms with E-state index in [4.69, 9.17) is 11.6 Å². The number of rotatable bonds is 6. The molecule has 0 unspecified atom stereocenters. The third-order valence-corrected chi connectivity index (χ3v) is 6.92. The molecule has 0 radical (unpaired) electrons. The summed E-state index contributed by atoms with van der Waals surface area (Å²) in [6.07, 6.45) is 8.96. The zero-order valence-corrected chi connectivity index (χ0v) is 19.2. The molecule has 170 valence electrons. The van der Waals surface area contributed by atoms with Gasteiger partial charge in [0.15, 0.2) is 0 Å². The molecule has 0 saturated carbocycles. The van der Waals surface area contributed by atoms with Crippen LogP contribution in [0.3, 0.4) is 0 Å². The smallest absolute Gasteiger partial charge is 0.200 e. The Labute approximate surface area is 198 Å². The summed E-state index contributed by atoms with van der Waals surface area (Å²) in [6, 6.07) is 14.6. The molecular formula is C27H27ClFN3O. The summed E-state index contributed by atoms with van der Waals surface area (Å²) in [7, 11) is 0. The molecule has 4 nitrogen and oxygen atoms in total. The fourth-order valence-corrected chi connectivity index (χ4v) is 5.18. The average molecular weight is 464 g/mol. The molecule has 0 atom stereocenters. The zero-order chi connectivity index (χ0) is 22.8. The normalized spacial score (nSPS) is 15.3. The van der Waals surface area contributed by atoms with Gasteiger partial charge in [-0.05, 0) is 91.4 Å². The molecule has 0 spiro atoms. The molecule has 3 heterocycles. The molecule has 2 aromatic carbocycles. The van der Waals surface area contributed by atoms with Crippen LogP contribution in [0.25, 0.3) is 10.8 Å². The van der Waals surface area contributed by atoms with E-state index >= 15 is 0 Å². The first-order chi connectivity index (χ1) is 16.0. The molecule has 1 aliphatic rings. The third kappa shape index (κ3) is 5.05. The minimum absolute atomic E-state index is 0.148. The van der Waals surface area contributed by atoms with Gasteiger partial charge < -0.3 is 9.67 Å². The van der Waals surface area contributed by atoms with Crippen LogP contribution in [0.15, 0.2) is 67.1 Å². The van der Waals surface area contributed by atoms with Crippen molar-refractivity contribution in [3.8, 4) is 5.88 Å². The molecule has 2 aromatic heterocycles. The maximum absolute atomic E-state index is 13.2. The van der Waals surface area contributed by atoms with Gasteiger partial charge >= 0.3 is 0 Å². The monoisotopic (exact) mass is 463 g/mol. The van der Waals surface area contributed by atoms with E-state index in [9.17, 15) is 9.50 Å². The van der Waals surface area contributed by atoms with Crippen molar-refractivity contribution in [1.82, 2.24) is 14.5 Å². The first-order valence-corrected chi connectivity index (χ1v) is 11.8. The van der Waals surface area contributed by atoms with Crippen LogP contribution in [0.5, 0.6) is 5.88 Å². The zero-order valence-electron chi connectivity index (χ0n) is 18.4. The standard InChI is InChI=1S/C27H27ClFN3O/c28-25-15-22(13-19-7-11-31(12-8-19)16-21-5-9-30-10-6-21)14-23-18-32(27(33)26(23)25)17-20-1-3-24(29)4-2-20/h1-6,9-10,14-15,18-19,33H,7-8,11-13,16-17H2. The fraction of sp³-hybridized carbons (Fsp3) is 0.296. The summed E-state index contributed by atoms with van der Waals surface area (Å²) in [5.74, 6) is 0.508. The van der Waals surface area contributed by atoms with Crippen LogP contribution in [0.4, 0.5) is 4.39 Å². The fourth-order valence-electron chi connectivity index (χ4n) is 4.85. The van der Waals surface area contributed by atoms with Crippen molar-refractivity contribution in [1.29, 1.82) is 0 Å². The number of halogens is 2. The van der Waals surface area contributed by atoms with Crippen molar-refractivity contribution < 1.29 is 9.50 Å². The molecule has 5 rings (SSSR count). The SMILES string of the molecule is Oc1c2c(Cl)cc(CC3CCN(Cc4ccncc4)CC3)cc2cn1Cc1ccc(F)cc1. The lowest BCUT2D eigenvalue weighted by Crippen LogP contribution is -2.33. The van der Waals surface area contributed by atoms with Gasteiger partial charge in [0.1, 0.15) is 5.82 Å². The topological polar surface area (TPSA) is 41.3 Å². The van der Waals surface area contributed by atoms with E-state index in [0.29, 0.717) is 22.9 Å². The maximum Gasteiger partial charge on any atom is 0.200 e. The van der Waals surface area contributed by atoms with E-state index in [1.165, 1.54) is 23.3 Å². The number of hydrogen-bond acceptors (Lipinski definition) is 3. The minimum Gasteiger partial charge on any atom is -0.494 e. The molecule has 1 fully saturated rings. The van der Waals surface area contributed by atoms with Gasteiger partial charge in [-0.2, -0.15) is 0 Å². The third-order valence-electron chi connectivity index (χ3n) is 6.62. The van der Waals surface area contributed by atoms with Crippen molar-refractivity contribution in [2.24, 2.45) is 5.92 Å². The van der Waals surface area contributed by atoms with Crippen LogP contribution in [0.1, 0.15) is 29.5 Å². The Morgan fingerprint density at radius 3 is 2.36 bits per heavy atom. The molecule has 0 bridgehead atoms. The Morgan fingerprint density at radius 2 is 1.64 bits per heavy atom. The number of likely N-dealkylation sites (tertiary alicyclic amines) is 1. The summed E-state index contributed by atoms with van der Waals surface area (Å²) in [5.41, 5.74) is 3.44. The Balaban J connectivity index is 1.26. The lowest BCUT2D eigenvalue weighted by molar-refractivity contribution is 0.177. The number of aromatic hydroxyl groups is 1. The summed E-state index contributed by atoms with van der Waals surface area (Å²) >= 11 is 6.60. The van der Waals surface area contributed by atoms with Crippen molar-refractivity contribution in [2.45, 2.75) is 32.4 Å². The highest BCUT2D eigenvalue weighted by molar-refractivity contribution is 6.36. The van der Waals surface area contributed by atoms with Gasteiger partial charge in [-0.15, -0.1) is 0 Å². The maximum atomic E-state index is 13.2. The second kappa shape index (κ2) is 9.54. The highest BCUT2D eigenvalue weighted by Gasteiger charge is 2.21. The molecular weight excluding hydrogens is 437 g/mol. The number of pyridine rings is 1. The number of benzene rings is 2. The van der Waals surface area contributed by atoms with Gasteiger partial charge in [-0.1, -0.05) is 23.7 Å². The van der Waals surface area contributed by atoms with E-state index in [2.05, 4.69) is 28.1 Å². The van der Waals surface area contributed by atoms with Gasteiger partial charge in [0.25, 0.3) is 0 Å². The number of fused-ring (bicyclic) bond motifs is 1. The first-order valence-electron chi connectivity index (χ1n) is 11.4. The van der Waals surface area contributed by atoms with Gasteiger partial charge in [0.05, 0.1) is 17.0 Å². The molecule has 1 aliphatic heterocycles. The van der Waals surface area contributed by atoms with Crippen LogP contribution in [-0.2, 0) is 19.5 Å². The molecule has 1 saturated heterocycles. The molecule has 0 amide bonds. The number of hydrogen-bond donors (Lipinski definition) is 1. The molecule has 33 heavy (non-hydrogen) atoms. The quantitative estimate of drug-likeness (QED) is 0.379. The predicted octanol–water partition coefficient (Wildman–Crippen LogP) is 6.04. The summed E-state index contributed by atoms with van der Waals surface area (Å²) < 4.78 is 15.0. The Morgan fingerprint density at radius 1 is 0.939 bits per heavy atom. The summed E-state index contributed by atoms with van der Waals surface area (Å²) in [4.78, 5) is 6.61. The van der Waals surface area contributed by atoms with E-state index in [0.717, 1.165) is 49.8 Å².